The lowest BCUT2D eigenvalue weighted by atomic mass is 10.3. The molecular formula is C12H14N2O3S. The standard InChI is InChI=1S/C12H14N2O3S/c1-14-11(15)6-10(12(14)16)18-9-5-7(17-2)3-4-8(9)13/h3-5,10H,6,13H2,1-2H3. The zero-order valence-electron chi connectivity index (χ0n) is 10.2. The van der Waals surface area contributed by atoms with E-state index in [1.54, 1.807) is 25.3 Å². The number of nitrogens with zero attached hydrogens (tertiary/aromatic N) is 1. The van der Waals surface area contributed by atoms with Crippen molar-refractivity contribution < 1.29 is 14.3 Å². The summed E-state index contributed by atoms with van der Waals surface area (Å²) in [6.07, 6.45) is 0.219. The molecule has 2 N–H and O–H groups in total. The Bertz CT molecular complexity index is 504. The van der Waals surface area contributed by atoms with E-state index >= 15 is 0 Å². The number of ether oxygens (including phenoxy) is 1. The molecule has 0 aliphatic carbocycles. The van der Waals surface area contributed by atoms with Crippen molar-refractivity contribution in [3.05, 3.63) is 18.2 Å². The fourth-order valence-electron chi connectivity index (χ4n) is 1.71. The van der Waals surface area contributed by atoms with Crippen molar-refractivity contribution in [3.63, 3.8) is 0 Å². The SMILES string of the molecule is COc1ccc(N)c(SC2CC(=O)N(C)C2=O)c1. The number of methoxy groups -OCH3 is 1. The highest BCUT2D eigenvalue weighted by Gasteiger charge is 2.36. The van der Waals surface area contributed by atoms with Crippen molar-refractivity contribution in [3.8, 4) is 5.75 Å². The van der Waals surface area contributed by atoms with Gasteiger partial charge in [0.2, 0.25) is 11.8 Å². The van der Waals surface area contributed by atoms with Crippen LogP contribution in [0.5, 0.6) is 5.75 Å². The van der Waals surface area contributed by atoms with Crippen LogP contribution in [0.15, 0.2) is 23.1 Å². The Kier molecular flexibility index (Phi) is 3.47. The van der Waals surface area contributed by atoms with Gasteiger partial charge < -0.3 is 10.5 Å². The second-order valence-corrected chi connectivity index (χ2v) is 5.25. The van der Waals surface area contributed by atoms with Crippen molar-refractivity contribution in [1.82, 2.24) is 4.90 Å². The third-order valence-electron chi connectivity index (χ3n) is 2.83. The molecule has 1 aromatic rings. The van der Waals surface area contributed by atoms with E-state index in [0.29, 0.717) is 11.4 Å². The van der Waals surface area contributed by atoms with E-state index in [9.17, 15) is 9.59 Å². The lowest BCUT2D eigenvalue weighted by Crippen LogP contribution is -2.26. The van der Waals surface area contributed by atoms with Gasteiger partial charge in [-0.3, -0.25) is 14.5 Å². The zero-order chi connectivity index (χ0) is 13.3. The Hall–Kier alpha value is -1.69. The molecule has 0 saturated carbocycles. The number of thioether (sulfide) groups is 1. The minimum absolute atomic E-state index is 0.154. The fraction of sp³-hybridized carbons (Fsp3) is 0.333. The van der Waals surface area contributed by atoms with Crippen molar-refractivity contribution in [2.75, 3.05) is 19.9 Å². The van der Waals surface area contributed by atoms with E-state index in [4.69, 9.17) is 10.5 Å². The lowest BCUT2D eigenvalue weighted by molar-refractivity contribution is -0.136. The quantitative estimate of drug-likeness (QED) is 0.656. The maximum Gasteiger partial charge on any atom is 0.242 e. The van der Waals surface area contributed by atoms with Gasteiger partial charge in [0.1, 0.15) is 5.75 Å². The van der Waals surface area contributed by atoms with Crippen LogP contribution in [0, 0.1) is 0 Å². The van der Waals surface area contributed by atoms with Crippen LogP contribution < -0.4 is 10.5 Å². The average molecular weight is 266 g/mol. The van der Waals surface area contributed by atoms with Crippen molar-refractivity contribution in [1.29, 1.82) is 0 Å². The summed E-state index contributed by atoms with van der Waals surface area (Å²) in [6.45, 7) is 0. The third-order valence-corrected chi connectivity index (χ3v) is 4.09. The maximum absolute atomic E-state index is 11.8. The molecular weight excluding hydrogens is 252 g/mol. The first-order valence-electron chi connectivity index (χ1n) is 5.43. The molecule has 5 nitrogen and oxygen atoms in total. The van der Waals surface area contributed by atoms with Crippen LogP contribution >= 0.6 is 11.8 Å². The van der Waals surface area contributed by atoms with Gasteiger partial charge in [0.25, 0.3) is 0 Å². The van der Waals surface area contributed by atoms with Gasteiger partial charge in [0.15, 0.2) is 0 Å². The number of amides is 2. The fourth-order valence-corrected chi connectivity index (χ4v) is 2.89. The third kappa shape index (κ3) is 2.28. The first-order valence-corrected chi connectivity index (χ1v) is 6.31. The number of likely N-dealkylation sites (tertiary alicyclic amines) is 1. The van der Waals surface area contributed by atoms with E-state index < -0.39 is 5.25 Å². The highest BCUT2D eigenvalue weighted by Crippen LogP contribution is 2.36. The van der Waals surface area contributed by atoms with Gasteiger partial charge in [-0.25, -0.2) is 0 Å². The molecule has 1 heterocycles. The van der Waals surface area contributed by atoms with Crippen LogP contribution in [-0.2, 0) is 9.59 Å². The van der Waals surface area contributed by atoms with E-state index in [2.05, 4.69) is 0 Å². The highest BCUT2D eigenvalue weighted by molar-refractivity contribution is 8.00. The summed E-state index contributed by atoms with van der Waals surface area (Å²) in [4.78, 5) is 25.1. The summed E-state index contributed by atoms with van der Waals surface area (Å²) >= 11 is 1.31. The number of benzene rings is 1. The smallest absolute Gasteiger partial charge is 0.242 e. The van der Waals surface area contributed by atoms with Gasteiger partial charge in [0, 0.05) is 24.1 Å². The largest absolute Gasteiger partial charge is 0.497 e. The molecule has 96 valence electrons. The number of carbonyl (C=O) groups is 2. The van der Waals surface area contributed by atoms with Crippen molar-refractivity contribution >= 4 is 29.3 Å². The molecule has 1 saturated heterocycles. The van der Waals surface area contributed by atoms with E-state index in [1.165, 1.54) is 18.8 Å². The van der Waals surface area contributed by atoms with Crippen LogP contribution in [0.3, 0.4) is 0 Å². The Labute approximate surface area is 109 Å². The number of nitrogen functional groups attached to an aromatic ring is 1. The van der Waals surface area contributed by atoms with Crippen LogP contribution in [0.1, 0.15) is 6.42 Å². The summed E-state index contributed by atoms with van der Waals surface area (Å²) < 4.78 is 5.11. The average Bonchev–Trinajstić information content (AvgIpc) is 2.60. The van der Waals surface area contributed by atoms with Crippen LogP contribution in [0.4, 0.5) is 5.69 Å². The normalized spacial score (nSPS) is 19.4. The number of imide groups is 1. The van der Waals surface area contributed by atoms with Gasteiger partial charge in [0.05, 0.1) is 12.4 Å². The van der Waals surface area contributed by atoms with Crippen LogP contribution in [0.2, 0.25) is 0 Å². The van der Waals surface area contributed by atoms with E-state index in [-0.39, 0.29) is 18.2 Å². The summed E-state index contributed by atoms with van der Waals surface area (Å²) in [5.74, 6) is 0.350. The summed E-state index contributed by atoms with van der Waals surface area (Å²) in [5.41, 5.74) is 6.43. The van der Waals surface area contributed by atoms with Gasteiger partial charge in [-0.15, -0.1) is 11.8 Å². The molecule has 1 aliphatic heterocycles. The van der Waals surface area contributed by atoms with Crippen molar-refractivity contribution in [2.45, 2.75) is 16.6 Å². The van der Waals surface area contributed by atoms with Gasteiger partial charge in [-0.1, -0.05) is 0 Å². The second-order valence-electron chi connectivity index (χ2n) is 4.01. The van der Waals surface area contributed by atoms with E-state index in [0.717, 1.165) is 9.80 Å². The Morgan fingerprint density at radius 3 is 2.72 bits per heavy atom. The maximum atomic E-state index is 11.8. The van der Waals surface area contributed by atoms with Gasteiger partial charge >= 0.3 is 0 Å². The summed E-state index contributed by atoms with van der Waals surface area (Å²) in [6, 6.07) is 5.26. The molecule has 6 heteroatoms. The molecule has 1 aromatic carbocycles. The second kappa shape index (κ2) is 4.89. The zero-order valence-corrected chi connectivity index (χ0v) is 11.0. The Morgan fingerprint density at radius 1 is 1.44 bits per heavy atom. The first-order chi connectivity index (χ1) is 8.52. The first kappa shape index (κ1) is 12.8. The highest BCUT2D eigenvalue weighted by atomic mass is 32.2. The number of carbonyl (C=O) groups excluding carboxylic acids is 2. The molecule has 1 aliphatic rings. The van der Waals surface area contributed by atoms with Crippen LogP contribution in [-0.4, -0.2) is 36.1 Å². The number of rotatable bonds is 3. The molecule has 0 radical (unpaired) electrons. The monoisotopic (exact) mass is 266 g/mol. The number of hydrogen-bond donors (Lipinski definition) is 1. The summed E-state index contributed by atoms with van der Waals surface area (Å²) in [7, 11) is 3.07. The molecule has 1 atom stereocenters. The minimum atomic E-state index is -0.392. The Balaban J connectivity index is 2.19. The molecule has 0 bridgehead atoms. The van der Waals surface area contributed by atoms with E-state index in [1.807, 2.05) is 0 Å². The summed E-state index contributed by atoms with van der Waals surface area (Å²) in [5, 5.41) is -0.392. The Morgan fingerprint density at radius 2 is 2.17 bits per heavy atom. The molecule has 2 amide bonds. The topological polar surface area (TPSA) is 72.6 Å². The van der Waals surface area contributed by atoms with Crippen LogP contribution in [0.25, 0.3) is 0 Å². The molecule has 0 aromatic heterocycles. The molecule has 0 spiro atoms. The molecule has 1 fully saturated rings. The number of nitrogens with two attached hydrogens (primary N) is 1. The lowest BCUT2D eigenvalue weighted by Gasteiger charge is -2.11. The number of anilines is 1. The molecule has 18 heavy (non-hydrogen) atoms. The van der Waals surface area contributed by atoms with Gasteiger partial charge in [-0.05, 0) is 18.2 Å². The van der Waals surface area contributed by atoms with Crippen molar-refractivity contribution in [2.24, 2.45) is 0 Å². The molecule has 2 rings (SSSR count). The van der Waals surface area contributed by atoms with Gasteiger partial charge in [-0.2, -0.15) is 0 Å². The minimum Gasteiger partial charge on any atom is -0.497 e. The number of hydrogen-bond acceptors (Lipinski definition) is 5. The predicted molar refractivity (Wildman–Crippen MR) is 69.4 cm³/mol. The molecule has 1 unspecified atom stereocenters. The predicted octanol–water partition coefficient (Wildman–Crippen LogP) is 1.13.